The van der Waals surface area contributed by atoms with Crippen molar-refractivity contribution in [2.24, 2.45) is 0 Å². The number of methoxy groups -OCH3 is 1. The standard InChI is InChI=1S/C25H34FN3O5S/c1-5-16-27-25(31)19(2)28(18-20-11-6-7-12-21(20)26)24(30)15-10-17-29(35(4,32)33)22-13-8-9-14-23(22)34-3/h6-9,11-14,19H,5,10,15-18H2,1-4H3,(H,27,31)/t19-/m1/s1. The second-order valence-corrected chi connectivity index (χ2v) is 10.1. The Morgan fingerprint density at radius 3 is 2.40 bits per heavy atom. The van der Waals surface area contributed by atoms with E-state index < -0.39 is 21.9 Å². The van der Waals surface area contributed by atoms with Crippen molar-refractivity contribution in [1.82, 2.24) is 10.2 Å². The number of benzene rings is 2. The number of sulfonamides is 1. The monoisotopic (exact) mass is 507 g/mol. The Kier molecular flexibility index (Phi) is 10.5. The van der Waals surface area contributed by atoms with Crippen molar-refractivity contribution < 1.29 is 27.1 Å². The third-order valence-electron chi connectivity index (χ3n) is 5.52. The summed E-state index contributed by atoms with van der Waals surface area (Å²) in [5.41, 5.74) is 0.670. The molecular formula is C25H34FN3O5S. The molecule has 0 heterocycles. The first-order valence-corrected chi connectivity index (χ1v) is 13.4. The molecule has 0 aliphatic heterocycles. The number of amides is 2. The van der Waals surface area contributed by atoms with Gasteiger partial charge in [-0.05, 0) is 38.0 Å². The lowest BCUT2D eigenvalue weighted by atomic mass is 10.1. The van der Waals surface area contributed by atoms with Gasteiger partial charge in [0.15, 0.2) is 0 Å². The van der Waals surface area contributed by atoms with Gasteiger partial charge in [0.1, 0.15) is 17.6 Å². The van der Waals surface area contributed by atoms with E-state index in [1.54, 1.807) is 49.4 Å². The van der Waals surface area contributed by atoms with Crippen molar-refractivity contribution in [2.45, 2.75) is 45.7 Å². The summed E-state index contributed by atoms with van der Waals surface area (Å²) in [5.74, 6) is -0.776. The molecule has 2 amide bonds. The van der Waals surface area contributed by atoms with E-state index in [1.807, 2.05) is 6.92 Å². The molecule has 35 heavy (non-hydrogen) atoms. The van der Waals surface area contributed by atoms with Crippen LogP contribution in [0.4, 0.5) is 10.1 Å². The van der Waals surface area contributed by atoms with E-state index in [9.17, 15) is 22.4 Å². The molecule has 10 heteroatoms. The smallest absolute Gasteiger partial charge is 0.242 e. The number of nitrogens with zero attached hydrogens (tertiary/aromatic N) is 2. The average Bonchev–Trinajstić information content (AvgIpc) is 2.83. The van der Waals surface area contributed by atoms with Crippen molar-refractivity contribution in [3.05, 3.63) is 59.9 Å². The van der Waals surface area contributed by atoms with Crippen LogP contribution >= 0.6 is 0 Å². The fourth-order valence-corrected chi connectivity index (χ4v) is 4.58. The molecule has 0 aliphatic rings. The van der Waals surface area contributed by atoms with Gasteiger partial charge in [-0.15, -0.1) is 0 Å². The molecule has 2 aromatic rings. The van der Waals surface area contributed by atoms with E-state index in [0.29, 0.717) is 23.5 Å². The van der Waals surface area contributed by atoms with Crippen molar-refractivity contribution in [2.75, 3.05) is 30.8 Å². The number of carbonyl (C=O) groups is 2. The zero-order chi connectivity index (χ0) is 26.0. The van der Waals surface area contributed by atoms with Gasteiger partial charge in [-0.1, -0.05) is 37.3 Å². The van der Waals surface area contributed by atoms with Gasteiger partial charge in [0.2, 0.25) is 21.8 Å². The van der Waals surface area contributed by atoms with Crippen LogP contribution < -0.4 is 14.4 Å². The minimum absolute atomic E-state index is 0.0268. The maximum Gasteiger partial charge on any atom is 0.242 e. The minimum Gasteiger partial charge on any atom is -0.495 e. The number of ether oxygens (including phenoxy) is 1. The minimum atomic E-state index is -3.65. The van der Waals surface area contributed by atoms with Crippen LogP contribution in [0.1, 0.15) is 38.7 Å². The summed E-state index contributed by atoms with van der Waals surface area (Å²) in [5, 5.41) is 2.77. The third kappa shape index (κ3) is 7.95. The number of rotatable bonds is 13. The lowest BCUT2D eigenvalue weighted by molar-refractivity contribution is -0.140. The molecule has 1 N–H and O–H groups in total. The van der Waals surface area contributed by atoms with E-state index in [1.165, 1.54) is 22.4 Å². The van der Waals surface area contributed by atoms with Crippen LogP contribution in [0.2, 0.25) is 0 Å². The Morgan fingerprint density at radius 1 is 1.11 bits per heavy atom. The Bertz CT molecular complexity index is 1110. The predicted molar refractivity (Wildman–Crippen MR) is 134 cm³/mol. The number of nitrogens with one attached hydrogen (secondary N) is 1. The molecule has 0 radical (unpaired) electrons. The van der Waals surface area contributed by atoms with Crippen molar-refractivity contribution in [3.63, 3.8) is 0 Å². The molecular weight excluding hydrogens is 473 g/mol. The molecule has 2 aromatic carbocycles. The van der Waals surface area contributed by atoms with Crippen LogP contribution in [0.25, 0.3) is 0 Å². The van der Waals surface area contributed by atoms with Crippen molar-refractivity contribution in [1.29, 1.82) is 0 Å². The highest BCUT2D eigenvalue weighted by atomic mass is 32.2. The number of carbonyl (C=O) groups excluding carboxylic acids is 2. The molecule has 192 valence electrons. The quantitative estimate of drug-likeness (QED) is 0.449. The second-order valence-electron chi connectivity index (χ2n) is 8.19. The van der Waals surface area contributed by atoms with Gasteiger partial charge in [-0.2, -0.15) is 0 Å². The number of para-hydroxylation sites is 2. The van der Waals surface area contributed by atoms with Gasteiger partial charge >= 0.3 is 0 Å². The predicted octanol–water partition coefficient (Wildman–Crippen LogP) is 3.32. The second kappa shape index (κ2) is 13.1. The molecule has 0 unspecified atom stereocenters. The van der Waals surface area contributed by atoms with Gasteiger partial charge < -0.3 is 15.0 Å². The van der Waals surface area contributed by atoms with Crippen molar-refractivity contribution >= 4 is 27.5 Å². The van der Waals surface area contributed by atoms with E-state index >= 15 is 0 Å². The summed E-state index contributed by atoms with van der Waals surface area (Å²) in [7, 11) is -2.20. The molecule has 0 fully saturated rings. The Labute approximate surface area is 207 Å². The van der Waals surface area contributed by atoms with Gasteiger partial charge in [0, 0.05) is 31.6 Å². The average molecular weight is 508 g/mol. The summed E-state index contributed by atoms with van der Waals surface area (Å²) in [6.45, 7) is 3.94. The van der Waals surface area contributed by atoms with Gasteiger partial charge in [-0.25, -0.2) is 12.8 Å². The topological polar surface area (TPSA) is 96.0 Å². The highest BCUT2D eigenvalue weighted by molar-refractivity contribution is 7.92. The zero-order valence-electron chi connectivity index (χ0n) is 20.7. The van der Waals surface area contributed by atoms with Crippen LogP contribution in [-0.4, -0.2) is 57.6 Å². The molecule has 0 saturated carbocycles. The van der Waals surface area contributed by atoms with Crippen molar-refractivity contribution in [3.8, 4) is 5.75 Å². The lowest BCUT2D eigenvalue weighted by Crippen LogP contribution is -2.48. The van der Waals surface area contributed by atoms with Gasteiger partial charge in [-0.3, -0.25) is 13.9 Å². The van der Waals surface area contributed by atoms with Crippen LogP contribution in [-0.2, 0) is 26.2 Å². The molecule has 8 nitrogen and oxygen atoms in total. The summed E-state index contributed by atoms with van der Waals surface area (Å²) in [6.07, 6.45) is 2.00. The summed E-state index contributed by atoms with van der Waals surface area (Å²) in [4.78, 5) is 27.1. The molecule has 2 rings (SSSR count). The number of anilines is 1. The van der Waals surface area contributed by atoms with E-state index in [2.05, 4.69) is 5.32 Å². The third-order valence-corrected chi connectivity index (χ3v) is 6.70. The Morgan fingerprint density at radius 2 is 1.77 bits per heavy atom. The molecule has 0 bridgehead atoms. The molecule has 0 aliphatic carbocycles. The number of hydrogen-bond donors (Lipinski definition) is 1. The highest BCUT2D eigenvalue weighted by Gasteiger charge is 2.27. The maximum absolute atomic E-state index is 14.3. The van der Waals surface area contributed by atoms with E-state index in [0.717, 1.165) is 12.7 Å². The summed E-state index contributed by atoms with van der Waals surface area (Å²) < 4.78 is 45.7. The fraction of sp³-hybridized carbons (Fsp3) is 0.440. The zero-order valence-corrected chi connectivity index (χ0v) is 21.5. The summed E-state index contributed by atoms with van der Waals surface area (Å²) >= 11 is 0. The SMILES string of the molecule is CCCNC(=O)[C@@H](C)N(Cc1ccccc1F)C(=O)CCCN(c1ccccc1OC)S(C)(=O)=O. The van der Waals surface area contributed by atoms with Crippen LogP contribution in [0, 0.1) is 5.82 Å². The van der Waals surface area contributed by atoms with Gasteiger partial charge in [0.25, 0.3) is 0 Å². The van der Waals surface area contributed by atoms with E-state index in [-0.39, 0.29) is 37.7 Å². The summed E-state index contributed by atoms with van der Waals surface area (Å²) in [6, 6.07) is 12.0. The highest BCUT2D eigenvalue weighted by Crippen LogP contribution is 2.29. The van der Waals surface area contributed by atoms with Crippen LogP contribution in [0.5, 0.6) is 5.75 Å². The lowest BCUT2D eigenvalue weighted by Gasteiger charge is -2.29. The number of hydrogen-bond acceptors (Lipinski definition) is 5. The first-order valence-electron chi connectivity index (χ1n) is 11.5. The largest absolute Gasteiger partial charge is 0.495 e. The molecule has 0 aromatic heterocycles. The van der Waals surface area contributed by atoms with Crippen LogP contribution in [0.3, 0.4) is 0 Å². The fourth-order valence-electron chi connectivity index (χ4n) is 3.61. The molecule has 0 spiro atoms. The maximum atomic E-state index is 14.3. The normalized spacial score (nSPS) is 12.0. The molecule has 0 saturated heterocycles. The van der Waals surface area contributed by atoms with Gasteiger partial charge in [0.05, 0.1) is 19.1 Å². The van der Waals surface area contributed by atoms with E-state index in [4.69, 9.17) is 4.74 Å². The first kappa shape index (κ1) is 28.1. The Hall–Kier alpha value is -3.14. The molecule has 1 atom stereocenters. The Balaban J connectivity index is 2.19. The van der Waals surface area contributed by atoms with Crippen LogP contribution in [0.15, 0.2) is 48.5 Å². The number of halogens is 1. The first-order chi connectivity index (χ1) is 16.6.